The largest absolute Gasteiger partial charge is 0.451 e. The highest BCUT2D eigenvalue weighted by Crippen LogP contribution is 2.28. The summed E-state index contributed by atoms with van der Waals surface area (Å²) in [4.78, 5) is 15.0. The summed E-state index contributed by atoms with van der Waals surface area (Å²) in [7, 11) is 0. The maximum atomic E-state index is 12.6. The molecule has 1 aromatic carbocycles. The Hall–Kier alpha value is -2.27. The van der Waals surface area contributed by atoms with Gasteiger partial charge < -0.3 is 20.0 Å². The number of hydrogen-bond acceptors (Lipinski definition) is 4. The second-order valence-electron chi connectivity index (χ2n) is 6.99. The third-order valence-corrected chi connectivity index (χ3v) is 5.33. The minimum Gasteiger partial charge on any atom is -0.451 e. The summed E-state index contributed by atoms with van der Waals surface area (Å²) < 4.78 is 5.83. The van der Waals surface area contributed by atoms with E-state index in [0.717, 1.165) is 30.1 Å². The van der Waals surface area contributed by atoms with Crippen LogP contribution in [0, 0.1) is 5.92 Å². The molecule has 0 aliphatic carbocycles. The van der Waals surface area contributed by atoms with Crippen molar-refractivity contribution in [3.63, 3.8) is 0 Å². The molecule has 5 rings (SSSR count). The molecule has 1 unspecified atom stereocenters. The number of fused-ring (bicyclic) bond motifs is 3. The van der Waals surface area contributed by atoms with Crippen molar-refractivity contribution in [3.8, 4) is 11.3 Å². The predicted octanol–water partition coefficient (Wildman–Crippen LogP) is 3.20. The Bertz CT molecular complexity index is 747. The van der Waals surface area contributed by atoms with Crippen molar-refractivity contribution in [1.29, 1.82) is 0 Å². The molecule has 3 aliphatic rings. The lowest BCUT2D eigenvalue weighted by molar-refractivity contribution is 0.0606. The third-order valence-electron chi connectivity index (χ3n) is 5.33. The summed E-state index contributed by atoms with van der Waals surface area (Å²) in [5, 5.41) is 6.47. The first kappa shape index (κ1) is 16.2. The molecular formula is C20H25N3O2. The van der Waals surface area contributed by atoms with Crippen LogP contribution in [0.3, 0.4) is 0 Å². The number of benzene rings is 1. The summed E-state index contributed by atoms with van der Waals surface area (Å²) in [6, 6.07) is 11.9. The van der Waals surface area contributed by atoms with Crippen LogP contribution in [0.5, 0.6) is 0 Å². The van der Waals surface area contributed by atoms with E-state index in [-0.39, 0.29) is 11.9 Å². The van der Waals surface area contributed by atoms with E-state index in [1.54, 1.807) is 6.07 Å². The summed E-state index contributed by atoms with van der Waals surface area (Å²) in [5.41, 5.74) is 2.02. The second kappa shape index (κ2) is 6.92. The number of nitrogens with zero attached hydrogens (tertiary/aromatic N) is 1. The molecule has 3 fully saturated rings. The summed E-state index contributed by atoms with van der Waals surface area (Å²) in [5.74, 6) is 1.62. The lowest BCUT2D eigenvalue weighted by Gasteiger charge is -2.44. The number of rotatable bonds is 5. The molecule has 3 aliphatic heterocycles. The molecule has 132 valence electrons. The van der Waals surface area contributed by atoms with E-state index in [4.69, 9.17) is 4.42 Å². The number of piperidine rings is 3. The SMILES string of the molecule is CCNc1cccc(-c2ccc(C(=O)NC3CN4CCC3CC4)o2)c1. The van der Waals surface area contributed by atoms with Gasteiger partial charge in [-0.3, -0.25) is 4.79 Å². The monoisotopic (exact) mass is 339 g/mol. The first-order valence-corrected chi connectivity index (χ1v) is 9.20. The van der Waals surface area contributed by atoms with Gasteiger partial charge in [0.1, 0.15) is 5.76 Å². The van der Waals surface area contributed by atoms with E-state index in [9.17, 15) is 4.79 Å². The second-order valence-corrected chi connectivity index (χ2v) is 6.99. The van der Waals surface area contributed by atoms with E-state index < -0.39 is 0 Å². The maximum Gasteiger partial charge on any atom is 0.287 e. The van der Waals surface area contributed by atoms with Gasteiger partial charge in [0.2, 0.25) is 0 Å². The topological polar surface area (TPSA) is 57.5 Å². The molecule has 1 amide bonds. The van der Waals surface area contributed by atoms with Crippen LogP contribution >= 0.6 is 0 Å². The molecule has 3 saturated heterocycles. The summed E-state index contributed by atoms with van der Waals surface area (Å²) in [6.07, 6.45) is 2.37. The van der Waals surface area contributed by atoms with Gasteiger partial charge in [0.15, 0.2) is 5.76 Å². The molecule has 1 atom stereocenters. The maximum absolute atomic E-state index is 12.6. The molecule has 2 N–H and O–H groups in total. The van der Waals surface area contributed by atoms with E-state index in [1.165, 1.54) is 25.9 Å². The van der Waals surface area contributed by atoms with E-state index in [0.29, 0.717) is 11.7 Å². The fourth-order valence-corrected chi connectivity index (χ4v) is 3.97. The Balaban J connectivity index is 1.45. The highest BCUT2D eigenvalue weighted by Gasteiger charge is 2.35. The first-order valence-electron chi connectivity index (χ1n) is 9.20. The number of nitrogens with one attached hydrogen (secondary N) is 2. The van der Waals surface area contributed by atoms with E-state index >= 15 is 0 Å². The number of anilines is 1. The number of hydrogen-bond donors (Lipinski definition) is 2. The van der Waals surface area contributed by atoms with Gasteiger partial charge in [-0.15, -0.1) is 0 Å². The number of amides is 1. The van der Waals surface area contributed by atoms with Crippen LogP contribution in [0.15, 0.2) is 40.8 Å². The average molecular weight is 339 g/mol. The van der Waals surface area contributed by atoms with Crippen molar-refractivity contribution >= 4 is 11.6 Å². The van der Waals surface area contributed by atoms with Crippen molar-refractivity contribution in [1.82, 2.24) is 10.2 Å². The van der Waals surface area contributed by atoms with Gasteiger partial charge in [0, 0.05) is 30.4 Å². The van der Waals surface area contributed by atoms with Gasteiger partial charge >= 0.3 is 0 Å². The summed E-state index contributed by atoms with van der Waals surface area (Å²) in [6.45, 7) is 6.24. The predicted molar refractivity (Wildman–Crippen MR) is 98.7 cm³/mol. The van der Waals surface area contributed by atoms with Crippen LogP contribution in [-0.4, -0.2) is 43.0 Å². The third kappa shape index (κ3) is 3.42. The minimum absolute atomic E-state index is 0.104. The molecule has 1 aromatic heterocycles. The van der Waals surface area contributed by atoms with Crippen molar-refractivity contribution in [2.45, 2.75) is 25.8 Å². The van der Waals surface area contributed by atoms with Gasteiger partial charge in [0.25, 0.3) is 5.91 Å². The molecule has 0 spiro atoms. The van der Waals surface area contributed by atoms with Gasteiger partial charge in [-0.25, -0.2) is 0 Å². The Kier molecular flexibility index (Phi) is 4.49. The van der Waals surface area contributed by atoms with Crippen molar-refractivity contribution in [2.24, 2.45) is 5.92 Å². The van der Waals surface area contributed by atoms with Gasteiger partial charge in [-0.2, -0.15) is 0 Å². The quantitative estimate of drug-likeness (QED) is 0.878. The van der Waals surface area contributed by atoms with E-state index in [1.807, 2.05) is 30.3 Å². The first-order chi connectivity index (χ1) is 12.2. The molecule has 4 heterocycles. The highest BCUT2D eigenvalue weighted by atomic mass is 16.3. The Labute approximate surface area is 148 Å². The van der Waals surface area contributed by atoms with Crippen LogP contribution in [-0.2, 0) is 0 Å². The van der Waals surface area contributed by atoms with Gasteiger partial charge in [-0.05, 0) is 63.0 Å². The standard InChI is InChI=1S/C20H25N3O2/c1-2-21-16-5-3-4-15(12-16)18-6-7-19(25-18)20(24)22-17-13-23-10-8-14(17)9-11-23/h3-7,12,14,17,21H,2,8-11,13H2,1H3,(H,22,24). The van der Waals surface area contributed by atoms with Gasteiger partial charge in [-0.1, -0.05) is 12.1 Å². The molecule has 25 heavy (non-hydrogen) atoms. The smallest absolute Gasteiger partial charge is 0.287 e. The number of furan rings is 1. The lowest BCUT2D eigenvalue weighted by atomic mass is 9.84. The molecule has 0 saturated carbocycles. The molecule has 2 aromatic rings. The Morgan fingerprint density at radius 2 is 2.08 bits per heavy atom. The van der Waals surface area contributed by atoms with Crippen molar-refractivity contribution in [3.05, 3.63) is 42.2 Å². The average Bonchev–Trinajstić information content (AvgIpc) is 3.14. The molecule has 5 heteroatoms. The van der Waals surface area contributed by atoms with Gasteiger partial charge in [0.05, 0.1) is 0 Å². The zero-order valence-corrected chi connectivity index (χ0v) is 14.6. The number of carbonyl (C=O) groups excluding carboxylic acids is 1. The Morgan fingerprint density at radius 1 is 1.24 bits per heavy atom. The van der Waals surface area contributed by atoms with Crippen LogP contribution in [0.4, 0.5) is 5.69 Å². The zero-order chi connectivity index (χ0) is 17.2. The fourth-order valence-electron chi connectivity index (χ4n) is 3.97. The Morgan fingerprint density at radius 3 is 2.80 bits per heavy atom. The summed E-state index contributed by atoms with van der Waals surface area (Å²) >= 11 is 0. The van der Waals surface area contributed by atoms with Crippen molar-refractivity contribution < 1.29 is 9.21 Å². The number of carbonyl (C=O) groups is 1. The lowest BCUT2D eigenvalue weighted by Crippen LogP contribution is -2.57. The molecule has 2 bridgehead atoms. The molecule has 0 radical (unpaired) electrons. The van der Waals surface area contributed by atoms with E-state index in [2.05, 4.69) is 22.5 Å². The minimum atomic E-state index is -0.104. The van der Waals surface area contributed by atoms with Crippen molar-refractivity contribution in [2.75, 3.05) is 31.5 Å². The fraction of sp³-hybridized carbons (Fsp3) is 0.450. The zero-order valence-electron chi connectivity index (χ0n) is 14.6. The normalized spacial score (nSPS) is 24.9. The van der Waals surface area contributed by atoms with Crippen LogP contribution in [0.1, 0.15) is 30.3 Å². The van der Waals surface area contributed by atoms with Crippen LogP contribution < -0.4 is 10.6 Å². The van der Waals surface area contributed by atoms with Crippen LogP contribution in [0.2, 0.25) is 0 Å². The molecular weight excluding hydrogens is 314 g/mol. The van der Waals surface area contributed by atoms with Crippen LogP contribution in [0.25, 0.3) is 11.3 Å². The molecule has 5 nitrogen and oxygen atoms in total. The highest BCUT2D eigenvalue weighted by molar-refractivity contribution is 5.92.